The lowest BCUT2D eigenvalue weighted by Crippen LogP contribution is -2.34. The summed E-state index contributed by atoms with van der Waals surface area (Å²) in [5.41, 5.74) is 1.80. The number of carbonyl (C=O) groups excluding carboxylic acids is 1. The van der Waals surface area contributed by atoms with E-state index in [0.29, 0.717) is 17.1 Å². The molecule has 1 aromatic carbocycles. The average Bonchev–Trinajstić information content (AvgIpc) is 2.77. The molecule has 1 amide bonds. The molecule has 0 saturated heterocycles. The molecule has 0 saturated carbocycles. The number of aromatic amines is 2. The fraction of sp³-hybridized carbons (Fsp3) is 0.167. The van der Waals surface area contributed by atoms with E-state index in [9.17, 15) is 9.59 Å². The van der Waals surface area contributed by atoms with Gasteiger partial charge >= 0.3 is 5.69 Å². The summed E-state index contributed by atoms with van der Waals surface area (Å²) in [6, 6.07) is 5.35. The summed E-state index contributed by atoms with van der Waals surface area (Å²) in [4.78, 5) is 27.7. The van der Waals surface area contributed by atoms with Gasteiger partial charge in [-0.2, -0.15) is 0 Å². The molecule has 0 fully saturated rings. The van der Waals surface area contributed by atoms with E-state index in [1.54, 1.807) is 25.3 Å². The first-order chi connectivity index (χ1) is 8.63. The van der Waals surface area contributed by atoms with Crippen LogP contribution in [-0.2, 0) is 4.79 Å². The van der Waals surface area contributed by atoms with Crippen LogP contribution in [0.2, 0.25) is 0 Å². The smallest absolute Gasteiger partial charge is 0.323 e. The summed E-state index contributed by atoms with van der Waals surface area (Å²) in [6.45, 7) is 1.69. The minimum atomic E-state index is -0.490. The molecule has 1 atom stereocenters. The lowest BCUT2D eigenvalue weighted by atomic mass is 10.1. The first-order valence-electron chi connectivity index (χ1n) is 5.53. The van der Waals surface area contributed by atoms with Gasteiger partial charge in [0.25, 0.3) is 5.91 Å². The Hall–Kier alpha value is -2.50. The second-order valence-electron chi connectivity index (χ2n) is 4.12. The van der Waals surface area contributed by atoms with Crippen molar-refractivity contribution in [2.45, 2.75) is 13.0 Å². The Labute approximate surface area is 102 Å². The number of rotatable bonds is 1. The van der Waals surface area contributed by atoms with Gasteiger partial charge in [-0.25, -0.2) is 4.79 Å². The van der Waals surface area contributed by atoms with E-state index in [2.05, 4.69) is 15.3 Å². The van der Waals surface area contributed by atoms with Gasteiger partial charge in [-0.15, -0.1) is 0 Å². The molecule has 0 radical (unpaired) electrons. The molecule has 1 aliphatic heterocycles. The monoisotopic (exact) mass is 245 g/mol. The normalized spacial score (nSPS) is 17.8. The standard InChI is InChI=1S/C12H11N3O3/c1-6-11(16)14-8-4-7(2-3-10(8)18-6)9-5-13-12(17)15-9/h2-6H,1H3,(H,14,16)(H2,13,15,17). The third kappa shape index (κ3) is 1.67. The minimum absolute atomic E-state index is 0.179. The molecular formula is C12H11N3O3. The molecule has 92 valence electrons. The average molecular weight is 245 g/mol. The van der Waals surface area contributed by atoms with E-state index in [1.807, 2.05) is 6.07 Å². The number of H-pyrrole nitrogens is 2. The maximum atomic E-state index is 11.5. The second-order valence-corrected chi connectivity index (χ2v) is 4.12. The maximum absolute atomic E-state index is 11.5. The highest BCUT2D eigenvalue weighted by molar-refractivity contribution is 5.98. The third-order valence-electron chi connectivity index (χ3n) is 2.82. The molecule has 0 spiro atoms. The van der Waals surface area contributed by atoms with Crippen LogP contribution in [0, 0.1) is 0 Å². The Morgan fingerprint density at radius 3 is 2.83 bits per heavy atom. The molecule has 2 aromatic rings. The summed E-state index contributed by atoms with van der Waals surface area (Å²) in [5.74, 6) is 0.450. The number of ether oxygens (including phenoxy) is 1. The van der Waals surface area contributed by atoms with E-state index in [-0.39, 0.29) is 11.6 Å². The summed E-state index contributed by atoms with van der Waals surface area (Å²) in [7, 11) is 0. The lowest BCUT2D eigenvalue weighted by Gasteiger charge is -2.23. The Morgan fingerprint density at radius 1 is 1.28 bits per heavy atom. The molecule has 2 heterocycles. The van der Waals surface area contributed by atoms with Crippen LogP contribution < -0.4 is 15.7 Å². The summed E-state index contributed by atoms with van der Waals surface area (Å²) >= 11 is 0. The van der Waals surface area contributed by atoms with Gasteiger partial charge in [-0.3, -0.25) is 4.79 Å². The quantitative estimate of drug-likeness (QED) is 0.702. The van der Waals surface area contributed by atoms with Crippen molar-refractivity contribution >= 4 is 11.6 Å². The van der Waals surface area contributed by atoms with Crippen molar-refractivity contribution in [2.75, 3.05) is 5.32 Å². The third-order valence-corrected chi connectivity index (χ3v) is 2.82. The number of fused-ring (bicyclic) bond motifs is 1. The Morgan fingerprint density at radius 2 is 2.11 bits per heavy atom. The number of aromatic nitrogens is 2. The van der Waals surface area contributed by atoms with Crippen molar-refractivity contribution in [2.24, 2.45) is 0 Å². The van der Waals surface area contributed by atoms with E-state index in [0.717, 1.165) is 5.56 Å². The summed E-state index contributed by atoms with van der Waals surface area (Å²) < 4.78 is 5.45. The minimum Gasteiger partial charge on any atom is -0.479 e. The van der Waals surface area contributed by atoms with Crippen molar-refractivity contribution in [1.29, 1.82) is 0 Å². The van der Waals surface area contributed by atoms with Crippen LogP contribution in [0.1, 0.15) is 6.92 Å². The zero-order chi connectivity index (χ0) is 12.7. The Balaban J connectivity index is 2.04. The maximum Gasteiger partial charge on any atom is 0.323 e. The molecule has 0 bridgehead atoms. The van der Waals surface area contributed by atoms with Crippen molar-refractivity contribution in [1.82, 2.24) is 9.97 Å². The van der Waals surface area contributed by atoms with Gasteiger partial charge < -0.3 is 20.0 Å². The molecule has 0 aliphatic carbocycles. The first kappa shape index (κ1) is 10.6. The summed E-state index contributed by atoms with van der Waals surface area (Å²) in [6.07, 6.45) is 1.09. The lowest BCUT2D eigenvalue weighted by molar-refractivity contribution is -0.122. The van der Waals surface area contributed by atoms with E-state index in [4.69, 9.17) is 4.74 Å². The van der Waals surface area contributed by atoms with Crippen molar-refractivity contribution in [3.05, 3.63) is 34.9 Å². The fourth-order valence-electron chi connectivity index (χ4n) is 1.86. The van der Waals surface area contributed by atoms with Gasteiger partial charge in [-0.1, -0.05) is 0 Å². The van der Waals surface area contributed by atoms with E-state index >= 15 is 0 Å². The molecule has 1 aromatic heterocycles. The van der Waals surface area contributed by atoms with Gasteiger partial charge in [0, 0.05) is 11.8 Å². The van der Waals surface area contributed by atoms with Gasteiger partial charge in [-0.05, 0) is 25.1 Å². The van der Waals surface area contributed by atoms with Crippen molar-refractivity contribution in [3.8, 4) is 17.0 Å². The molecule has 6 heteroatoms. The number of hydrogen-bond acceptors (Lipinski definition) is 3. The molecule has 1 aliphatic rings. The summed E-state index contributed by atoms with van der Waals surface area (Å²) in [5, 5.41) is 2.76. The molecule has 18 heavy (non-hydrogen) atoms. The number of amides is 1. The molecule has 3 N–H and O–H groups in total. The largest absolute Gasteiger partial charge is 0.479 e. The van der Waals surface area contributed by atoms with Crippen LogP contribution in [0.15, 0.2) is 29.2 Å². The SMILES string of the molecule is CC1Oc2ccc(-c3c[nH]c(=O)[nH]3)cc2NC1=O. The molecule has 3 rings (SSSR count). The van der Waals surface area contributed by atoms with Gasteiger partial charge in [0.2, 0.25) is 0 Å². The van der Waals surface area contributed by atoms with Crippen molar-refractivity contribution < 1.29 is 9.53 Å². The van der Waals surface area contributed by atoms with E-state index in [1.165, 1.54) is 0 Å². The van der Waals surface area contributed by atoms with Crippen LogP contribution in [0.3, 0.4) is 0 Å². The van der Waals surface area contributed by atoms with Crippen LogP contribution in [0.4, 0.5) is 5.69 Å². The predicted octanol–water partition coefficient (Wildman–Crippen LogP) is 1.09. The number of carbonyl (C=O) groups is 1. The van der Waals surface area contributed by atoms with Crippen LogP contribution >= 0.6 is 0 Å². The number of imidazole rings is 1. The van der Waals surface area contributed by atoms with Gasteiger partial charge in [0.1, 0.15) is 5.75 Å². The van der Waals surface area contributed by atoms with Crippen LogP contribution in [-0.4, -0.2) is 22.0 Å². The predicted molar refractivity (Wildman–Crippen MR) is 65.6 cm³/mol. The molecule has 1 unspecified atom stereocenters. The first-order valence-corrected chi connectivity index (χ1v) is 5.53. The topological polar surface area (TPSA) is 87.0 Å². The number of anilines is 1. The Bertz CT molecular complexity index is 671. The zero-order valence-electron chi connectivity index (χ0n) is 9.61. The molecular weight excluding hydrogens is 234 g/mol. The number of hydrogen-bond donors (Lipinski definition) is 3. The second kappa shape index (κ2) is 3.76. The highest BCUT2D eigenvalue weighted by Gasteiger charge is 2.23. The number of benzene rings is 1. The van der Waals surface area contributed by atoms with Gasteiger partial charge in [0.05, 0.1) is 11.4 Å². The highest BCUT2D eigenvalue weighted by Crippen LogP contribution is 2.33. The van der Waals surface area contributed by atoms with Gasteiger partial charge in [0.15, 0.2) is 6.10 Å². The zero-order valence-corrected chi connectivity index (χ0v) is 9.61. The van der Waals surface area contributed by atoms with Crippen molar-refractivity contribution in [3.63, 3.8) is 0 Å². The number of nitrogens with one attached hydrogen (secondary N) is 3. The highest BCUT2D eigenvalue weighted by atomic mass is 16.5. The Kier molecular flexibility index (Phi) is 2.22. The van der Waals surface area contributed by atoms with Crippen LogP contribution in [0.25, 0.3) is 11.3 Å². The van der Waals surface area contributed by atoms with E-state index < -0.39 is 6.10 Å². The molecule has 6 nitrogen and oxygen atoms in total. The fourth-order valence-corrected chi connectivity index (χ4v) is 1.86. The van der Waals surface area contributed by atoms with Crippen LogP contribution in [0.5, 0.6) is 5.75 Å².